The molecule has 1 heterocycles. The van der Waals surface area contributed by atoms with Crippen molar-refractivity contribution in [2.45, 2.75) is 33.1 Å². The van der Waals surface area contributed by atoms with Gasteiger partial charge >= 0.3 is 0 Å². The Balaban J connectivity index is 2.44. The van der Waals surface area contributed by atoms with E-state index < -0.39 is 0 Å². The van der Waals surface area contributed by atoms with Crippen molar-refractivity contribution in [2.75, 3.05) is 0 Å². The molecule has 1 aromatic carbocycles. The van der Waals surface area contributed by atoms with Crippen LogP contribution in [0.25, 0.3) is 10.6 Å². The van der Waals surface area contributed by atoms with Crippen LogP contribution in [0.15, 0.2) is 23.6 Å². The molecule has 2 aromatic rings. The summed E-state index contributed by atoms with van der Waals surface area (Å²) in [5.74, 6) is -0.201. The van der Waals surface area contributed by atoms with Crippen LogP contribution in [0.1, 0.15) is 32.0 Å². The van der Waals surface area contributed by atoms with Crippen LogP contribution in [0.4, 0.5) is 4.39 Å². The maximum atomic E-state index is 13.3. The molecule has 0 fully saturated rings. The van der Waals surface area contributed by atoms with Gasteiger partial charge in [-0.2, -0.15) is 0 Å². The van der Waals surface area contributed by atoms with Gasteiger partial charge in [-0.3, -0.25) is 0 Å². The van der Waals surface area contributed by atoms with Gasteiger partial charge in [0.25, 0.3) is 0 Å². The fourth-order valence-electron chi connectivity index (χ4n) is 1.61. The minimum absolute atomic E-state index is 0.0388. The van der Waals surface area contributed by atoms with Crippen LogP contribution in [0.2, 0.25) is 0 Å². The molecule has 1 aromatic heterocycles. The van der Waals surface area contributed by atoms with Gasteiger partial charge < -0.3 is 0 Å². The van der Waals surface area contributed by atoms with Gasteiger partial charge in [-0.15, -0.1) is 11.3 Å². The Hall–Kier alpha value is -1.22. The van der Waals surface area contributed by atoms with E-state index in [-0.39, 0.29) is 11.2 Å². The number of halogens is 1. The summed E-state index contributed by atoms with van der Waals surface area (Å²) in [6.45, 7) is 8.28. The van der Waals surface area contributed by atoms with Crippen molar-refractivity contribution in [3.05, 3.63) is 40.7 Å². The summed E-state index contributed by atoms with van der Waals surface area (Å²) in [5, 5.41) is 2.94. The minimum atomic E-state index is -0.201. The van der Waals surface area contributed by atoms with Crippen LogP contribution in [0.5, 0.6) is 0 Å². The molecular weight excluding hydrogens is 233 g/mol. The first kappa shape index (κ1) is 12.2. The third-order valence-corrected chi connectivity index (χ3v) is 3.45. The van der Waals surface area contributed by atoms with E-state index in [0.29, 0.717) is 0 Å². The zero-order valence-electron chi connectivity index (χ0n) is 10.5. The molecule has 1 nitrogen and oxygen atoms in total. The maximum absolute atomic E-state index is 13.3. The van der Waals surface area contributed by atoms with Crippen LogP contribution in [-0.2, 0) is 5.41 Å². The molecular formula is C14H16FNS. The zero-order chi connectivity index (χ0) is 12.6. The number of nitrogens with zero attached hydrogens (tertiary/aromatic N) is 1. The van der Waals surface area contributed by atoms with Crippen LogP contribution >= 0.6 is 11.3 Å². The Morgan fingerprint density at radius 1 is 1.18 bits per heavy atom. The van der Waals surface area contributed by atoms with E-state index in [9.17, 15) is 4.39 Å². The lowest BCUT2D eigenvalue weighted by atomic mass is 9.93. The lowest BCUT2D eigenvalue weighted by Crippen LogP contribution is -2.11. The monoisotopic (exact) mass is 249 g/mol. The first-order valence-corrected chi connectivity index (χ1v) is 6.48. The summed E-state index contributed by atoms with van der Waals surface area (Å²) in [5.41, 5.74) is 2.88. The highest BCUT2D eigenvalue weighted by Crippen LogP contribution is 2.30. The third-order valence-electron chi connectivity index (χ3n) is 2.56. The van der Waals surface area contributed by atoms with Gasteiger partial charge in [0, 0.05) is 16.4 Å². The number of aryl methyl sites for hydroxylation is 1. The number of hydrogen-bond acceptors (Lipinski definition) is 2. The third kappa shape index (κ3) is 2.72. The number of rotatable bonds is 1. The molecule has 0 aliphatic carbocycles. The minimum Gasteiger partial charge on any atom is -0.241 e. The van der Waals surface area contributed by atoms with Crippen molar-refractivity contribution in [1.29, 1.82) is 0 Å². The topological polar surface area (TPSA) is 12.9 Å². The van der Waals surface area contributed by atoms with Crippen LogP contribution in [0, 0.1) is 12.7 Å². The van der Waals surface area contributed by atoms with E-state index in [1.54, 1.807) is 11.3 Å². The molecule has 0 radical (unpaired) electrons. The van der Waals surface area contributed by atoms with Gasteiger partial charge in [0.05, 0.1) is 5.69 Å². The van der Waals surface area contributed by atoms with Gasteiger partial charge in [0.1, 0.15) is 10.8 Å². The van der Waals surface area contributed by atoms with Crippen molar-refractivity contribution in [2.24, 2.45) is 0 Å². The Bertz CT molecular complexity index is 517. The molecule has 90 valence electrons. The van der Waals surface area contributed by atoms with Crippen molar-refractivity contribution < 1.29 is 4.39 Å². The Labute approximate surface area is 105 Å². The highest BCUT2D eigenvalue weighted by molar-refractivity contribution is 7.13. The van der Waals surface area contributed by atoms with E-state index >= 15 is 0 Å². The van der Waals surface area contributed by atoms with Gasteiger partial charge in [-0.25, -0.2) is 9.37 Å². The molecule has 2 rings (SSSR count). The van der Waals surface area contributed by atoms with E-state index in [4.69, 9.17) is 0 Å². The van der Waals surface area contributed by atoms with Gasteiger partial charge in [-0.1, -0.05) is 20.8 Å². The van der Waals surface area contributed by atoms with E-state index in [2.05, 4.69) is 31.1 Å². The average Bonchev–Trinajstić information content (AvgIpc) is 2.63. The predicted molar refractivity (Wildman–Crippen MR) is 70.9 cm³/mol. The fourth-order valence-corrected chi connectivity index (χ4v) is 2.65. The molecule has 0 saturated heterocycles. The molecule has 0 atom stereocenters. The highest BCUT2D eigenvalue weighted by Gasteiger charge is 2.18. The first-order valence-electron chi connectivity index (χ1n) is 5.60. The van der Waals surface area contributed by atoms with Gasteiger partial charge in [-0.05, 0) is 30.7 Å². The summed E-state index contributed by atoms with van der Waals surface area (Å²) < 4.78 is 13.3. The summed E-state index contributed by atoms with van der Waals surface area (Å²) in [4.78, 5) is 4.59. The molecule has 0 aliphatic rings. The van der Waals surface area contributed by atoms with Crippen molar-refractivity contribution in [3.8, 4) is 10.6 Å². The van der Waals surface area contributed by atoms with Crippen molar-refractivity contribution in [3.63, 3.8) is 0 Å². The quantitative estimate of drug-likeness (QED) is 0.722. The standard InChI is InChI=1S/C14H16FNS/c1-9-5-10(7-11(15)6-9)13-16-12(8-17-13)14(2,3)4/h5-8H,1-4H3. The smallest absolute Gasteiger partial charge is 0.124 e. The van der Waals surface area contributed by atoms with Crippen molar-refractivity contribution >= 4 is 11.3 Å². The molecule has 0 N–H and O–H groups in total. The van der Waals surface area contributed by atoms with Crippen LogP contribution in [0.3, 0.4) is 0 Å². The second-order valence-electron chi connectivity index (χ2n) is 5.31. The fraction of sp³-hybridized carbons (Fsp3) is 0.357. The summed E-state index contributed by atoms with van der Waals surface area (Å²) >= 11 is 1.57. The first-order chi connectivity index (χ1) is 7.86. The normalized spacial score (nSPS) is 11.8. The summed E-state index contributed by atoms with van der Waals surface area (Å²) in [6, 6.07) is 5.04. The van der Waals surface area contributed by atoms with E-state index in [1.807, 2.05) is 13.0 Å². The summed E-state index contributed by atoms with van der Waals surface area (Å²) in [6.07, 6.45) is 0. The number of benzene rings is 1. The molecule has 0 bridgehead atoms. The van der Waals surface area contributed by atoms with E-state index in [1.165, 1.54) is 12.1 Å². The largest absolute Gasteiger partial charge is 0.241 e. The highest BCUT2D eigenvalue weighted by atomic mass is 32.1. The molecule has 0 aliphatic heterocycles. The summed E-state index contributed by atoms with van der Waals surface area (Å²) in [7, 11) is 0. The molecule has 17 heavy (non-hydrogen) atoms. The SMILES string of the molecule is Cc1cc(F)cc(-c2nc(C(C)(C)C)cs2)c1. The molecule has 0 saturated carbocycles. The van der Waals surface area contributed by atoms with Crippen LogP contribution in [-0.4, -0.2) is 4.98 Å². The second-order valence-corrected chi connectivity index (χ2v) is 6.16. The van der Waals surface area contributed by atoms with E-state index in [0.717, 1.165) is 21.8 Å². The average molecular weight is 249 g/mol. The molecule has 0 spiro atoms. The second kappa shape index (κ2) is 4.22. The lowest BCUT2D eigenvalue weighted by molar-refractivity contribution is 0.573. The zero-order valence-corrected chi connectivity index (χ0v) is 11.4. The number of thiazole rings is 1. The lowest BCUT2D eigenvalue weighted by Gasteiger charge is -2.14. The molecule has 3 heteroatoms. The van der Waals surface area contributed by atoms with Gasteiger partial charge in [0.15, 0.2) is 0 Å². The number of hydrogen-bond donors (Lipinski definition) is 0. The predicted octanol–water partition coefficient (Wildman–Crippen LogP) is 4.56. The maximum Gasteiger partial charge on any atom is 0.124 e. The molecule has 0 amide bonds. The molecule has 0 unspecified atom stereocenters. The Morgan fingerprint density at radius 2 is 1.88 bits per heavy atom. The Morgan fingerprint density at radius 3 is 2.41 bits per heavy atom. The van der Waals surface area contributed by atoms with Crippen molar-refractivity contribution in [1.82, 2.24) is 4.98 Å². The van der Waals surface area contributed by atoms with Crippen LogP contribution < -0.4 is 0 Å². The Kier molecular flexibility index (Phi) is 3.04. The number of aromatic nitrogens is 1. The van der Waals surface area contributed by atoms with Gasteiger partial charge in [0.2, 0.25) is 0 Å².